The van der Waals surface area contributed by atoms with Gasteiger partial charge in [0.05, 0.1) is 26.6 Å². The van der Waals surface area contributed by atoms with Gasteiger partial charge in [-0.1, -0.05) is 19.3 Å². The molecule has 5 unspecified atom stereocenters. The zero-order chi connectivity index (χ0) is 28.9. The van der Waals surface area contributed by atoms with Crippen LogP contribution in [-0.2, 0) is 20.7 Å². The average Bonchev–Trinajstić information content (AvgIpc) is 3.39. The quantitative estimate of drug-likeness (QED) is 0.239. The van der Waals surface area contributed by atoms with Gasteiger partial charge >= 0.3 is 5.97 Å². The first-order valence-electron chi connectivity index (χ1n) is 14.2. The highest BCUT2D eigenvalue weighted by molar-refractivity contribution is 5.90. The Labute approximate surface area is 233 Å². The summed E-state index contributed by atoms with van der Waals surface area (Å²) in [6, 6.07) is 1.89. The maximum Gasteiger partial charge on any atom is 0.306 e. The largest absolute Gasteiger partial charge is 0.490 e. The lowest BCUT2D eigenvalue weighted by atomic mass is 9.83. The molecule has 0 spiro atoms. The van der Waals surface area contributed by atoms with Gasteiger partial charge < -0.3 is 48.9 Å². The van der Waals surface area contributed by atoms with E-state index in [0.717, 1.165) is 36.6 Å². The third-order valence-corrected chi connectivity index (χ3v) is 8.10. The van der Waals surface area contributed by atoms with E-state index in [0.29, 0.717) is 17.1 Å². The molecule has 1 aromatic carbocycles. The molecule has 0 bridgehead atoms. The number of aliphatic hydroxyl groups excluding tert-OH is 4. The highest BCUT2D eigenvalue weighted by Crippen LogP contribution is 2.47. The summed E-state index contributed by atoms with van der Waals surface area (Å²) in [7, 11) is 1.45. The Hall–Kier alpha value is -2.41. The zero-order valence-corrected chi connectivity index (χ0v) is 23.2. The summed E-state index contributed by atoms with van der Waals surface area (Å²) < 4.78 is 28.9. The fraction of sp³-hybridized carbons (Fsp3) is 0.690. The van der Waals surface area contributed by atoms with Crippen LogP contribution >= 0.6 is 0 Å². The monoisotopic (exact) mass is 566 g/mol. The number of hydrogen-bond donors (Lipinski definition) is 5. The molecule has 2 aromatic rings. The Bertz CT molecular complexity index is 1120. The Morgan fingerprint density at radius 2 is 1.90 bits per heavy atom. The Kier molecular flexibility index (Phi) is 10.3. The van der Waals surface area contributed by atoms with Crippen molar-refractivity contribution in [1.29, 1.82) is 0 Å². The summed E-state index contributed by atoms with van der Waals surface area (Å²) in [5, 5.41) is 52.9. The van der Waals surface area contributed by atoms with Crippen molar-refractivity contribution < 1.29 is 53.7 Å². The van der Waals surface area contributed by atoms with Gasteiger partial charge in [-0.15, -0.1) is 0 Å². The maximum atomic E-state index is 12.3. The smallest absolute Gasteiger partial charge is 0.306 e. The molecule has 1 saturated heterocycles. The predicted molar refractivity (Wildman–Crippen MR) is 143 cm³/mol. The topological polar surface area (TPSA) is 168 Å². The predicted octanol–water partition coefficient (Wildman–Crippen LogP) is 2.31. The molecule has 2 fully saturated rings. The van der Waals surface area contributed by atoms with E-state index in [-0.39, 0.29) is 56.4 Å². The number of fused-ring (bicyclic) bond motifs is 1. The van der Waals surface area contributed by atoms with Crippen molar-refractivity contribution in [3.63, 3.8) is 0 Å². The van der Waals surface area contributed by atoms with Crippen molar-refractivity contribution in [2.45, 2.75) is 101 Å². The van der Waals surface area contributed by atoms with E-state index in [1.807, 2.05) is 6.07 Å². The van der Waals surface area contributed by atoms with Gasteiger partial charge in [-0.2, -0.15) is 0 Å². The summed E-state index contributed by atoms with van der Waals surface area (Å²) in [5.74, 6) is 0.306. The Balaban J connectivity index is 1.80. The molecule has 11 nitrogen and oxygen atoms in total. The molecule has 2 heterocycles. The number of carbonyl (C=O) groups excluding carboxylic acids is 1. The van der Waals surface area contributed by atoms with E-state index < -0.39 is 36.8 Å². The van der Waals surface area contributed by atoms with Crippen molar-refractivity contribution in [2.24, 2.45) is 0 Å². The number of carbonyl (C=O) groups is 1. The molecule has 11 heteroatoms. The molecule has 40 heavy (non-hydrogen) atoms. The van der Waals surface area contributed by atoms with Gasteiger partial charge in [0.15, 0.2) is 16.9 Å². The van der Waals surface area contributed by atoms with Crippen LogP contribution in [0.2, 0.25) is 0 Å². The van der Waals surface area contributed by atoms with Gasteiger partial charge in [-0.25, -0.2) is 0 Å². The van der Waals surface area contributed by atoms with Crippen molar-refractivity contribution >= 4 is 16.9 Å². The van der Waals surface area contributed by atoms with Gasteiger partial charge in [0, 0.05) is 24.0 Å². The molecule has 5 atom stereocenters. The Morgan fingerprint density at radius 1 is 1.15 bits per heavy atom. The molecule has 0 amide bonds. The highest BCUT2D eigenvalue weighted by atomic mass is 16.7. The third-order valence-electron chi connectivity index (χ3n) is 8.10. The summed E-state index contributed by atoms with van der Waals surface area (Å²) in [5.41, 5.74) is -0.0657. The number of methoxy groups -OCH3 is 1. The lowest BCUT2D eigenvalue weighted by Gasteiger charge is -2.47. The summed E-state index contributed by atoms with van der Waals surface area (Å²) >= 11 is 0. The molecule has 5 N–H and O–H groups in total. The number of aliphatic hydroxyl groups is 5. The van der Waals surface area contributed by atoms with E-state index in [9.17, 15) is 30.3 Å². The van der Waals surface area contributed by atoms with Crippen LogP contribution in [0, 0.1) is 0 Å². The lowest BCUT2D eigenvalue weighted by Crippen LogP contribution is -2.68. The molecular weight excluding hydrogens is 524 g/mol. The van der Waals surface area contributed by atoms with E-state index in [2.05, 4.69) is 0 Å². The first kappa shape index (κ1) is 30.5. The van der Waals surface area contributed by atoms with Crippen molar-refractivity contribution in [2.75, 3.05) is 26.9 Å². The second kappa shape index (κ2) is 13.5. The van der Waals surface area contributed by atoms with E-state index in [4.69, 9.17) is 23.4 Å². The van der Waals surface area contributed by atoms with Crippen LogP contribution in [0.3, 0.4) is 0 Å². The number of aryl methyl sites for hydroxylation is 1. The van der Waals surface area contributed by atoms with Crippen LogP contribution in [0.15, 0.2) is 16.7 Å². The number of benzene rings is 1. The van der Waals surface area contributed by atoms with Crippen molar-refractivity contribution in [3.05, 3.63) is 23.5 Å². The van der Waals surface area contributed by atoms with Gasteiger partial charge in [-0.05, 0) is 56.6 Å². The van der Waals surface area contributed by atoms with Crippen LogP contribution in [-0.4, -0.2) is 88.6 Å². The van der Waals surface area contributed by atoms with Crippen molar-refractivity contribution in [1.82, 2.24) is 0 Å². The number of hydrogen-bond acceptors (Lipinski definition) is 11. The first-order chi connectivity index (χ1) is 19.3. The molecule has 0 radical (unpaired) electrons. The second-order valence-corrected chi connectivity index (χ2v) is 10.7. The molecule has 1 saturated carbocycles. The van der Waals surface area contributed by atoms with E-state index in [1.165, 1.54) is 13.5 Å². The standard InChI is InChI=1S/C29H42O11/c1-3-37-22(32)11-10-18-14-19-20(17-8-5-4-6-9-17)16-38-25(19)26(36-2)24(18)40-28-29(35,12-7-13-30)27(34)23(33)21(15-31)39-28/h14,16-17,21,23,27-28,30-31,33-35H,3-13,15H2,1-2H3. The fourth-order valence-electron chi connectivity index (χ4n) is 5.91. The minimum absolute atomic E-state index is 0.0520. The van der Waals surface area contributed by atoms with Gasteiger partial charge in [0.25, 0.3) is 0 Å². The van der Waals surface area contributed by atoms with Gasteiger partial charge in [0.1, 0.15) is 18.3 Å². The minimum atomic E-state index is -2.14. The average molecular weight is 567 g/mol. The van der Waals surface area contributed by atoms with Crippen LogP contribution in [0.1, 0.15) is 75.3 Å². The normalized spacial score (nSPS) is 27.6. The van der Waals surface area contributed by atoms with Crippen LogP contribution in [0.25, 0.3) is 11.0 Å². The SMILES string of the molecule is CCOC(=O)CCc1cc2c(C3CCCCC3)coc2c(OC)c1OC1OC(CO)C(O)C(O)C1(O)CCCO. The van der Waals surface area contributed by atoms with Crippen LogP contribution in [0.5, 0.6) is 11.5 Å². The fourth-order valence-corrected chi connectivity index (χ4v) is 5.91. The number of esters is 1. The van der Waals surface area contributed by atoms with Crippen LogP contribution in [0.4, 0.5) is 0 Å². The summed E-state index contributed by atoms with van der Waals surface area (Å²) in [4.78, 5) is 12.3. The van der Waals surface area contributed by atoms with Crippen LogP contribution < -0.4 is 9.47 Å². The molecule has 1 aliphatic heterocycles. The number of furan rings is 1. The molecule has 1 aliphatic carbocycles. The molecule has 4 rings (SSSR count). The lowest BCUT2D eigenvalue weighted by molar-refractivity contribution is -0.322. The second-order valence-electron chi connectivity index (χ2n) is 10.7. The number of rotatable bonds is 12. The van der Waals surface area contributed by atoms with Gasteiger partial charge in [-0.3, -0.25) is 4.79 Å². The maximum absolute atomic E-state index is 12.3. The third kappa shape index (κ3) is 6.09. The molecular formula is C29H42O11. The van der Waals surface area contributed by atoms with Gasteiger partial charge in [0.2, 0.25) is 12.0 Å². The minimum Gasteiger partial charge on any atom is -0.490 e. The highest BCUT2D eigenvalue weighted by Gasteiger charge is 2.56. The van der Waals surface area contributed by atoms with Crippen molar-refractivity contribution in [3.8, 4) is 11.5 Å². The number of ether oxygens (including phenoxy) is 4. The molecule has 2 aliphatic rings. The zero-order valence-electron chi connectivity index (χ0n) is 23.2. The first-order valence-corrected chi connectivity index (χ1v) is 14.2. The molecule has 224 valence electrons. The summed E-state index contributed by atoms with van der Waals surface area (Å²) in [6.45, 7) is 1.06. The van der Waals surface area contributed by atoms with E-state index in [1.54, 1.807) is 13.2 Å². The molecule has 1 aromatic heterocycles. The Morgan fingerprint density at radius 3 is 2.55 bits per heavy atom. The summed E-state index contributed by atoms with van der Waals surface area (Å²) in [6.07, 6.45) is 1.35. The van der Waals surface area contributed by atoms with E-state index >= 15 is 0 Å².